The van der Waals surface area contributed by atoms with Crippen LogP contribution in [0.15, 0.2) is 107 Å². The van der Waals surface area contributed by atoms with Crippen LogP contribution in [0, 0.1) is 35.1 Å². The Morgan fingerprint density at radius 3 is 1.25 bits per heavy atom. The highest BCUT2D eigenvalue weighted by Crippen LogP contribution is 2.69. The first-order valence-corrected chi connectivity index (χ1v) is 42.3. The van der Waals surface area contributed by atoms with Crippen molar-refractivity contribution in [3.05, 3.63) is 219 Å². The van der Waals surface area contributed by atoms with Crippen molar-refractivity contribution in [1.82, 2.24) is 68.9 Å². The zero-order chi connectivity index (χ0) is 92.1. The number of hydrogen-bond acceptors (Lipinski definition) is 14. The third-order valence-electron chi connectivity index (χ3n) is 21.9. The van der Waals surface area contributed by atoms with Crippen LogP contribution in [0.2, 0.25) is 5.02 Å². The van der Waals surface area contributed by atoms with Gasteiger partial charge in [0, 0.05) is 81.3 Å². The number of halogens is 22. The molecule has 4 aliphatic rings. The zero-order valence-corrected chi connectivity index (χ0v) is 68.0. The van der Waals surface area contributed by atoms with Crippen molar-refractivity contribution in [3.63, 3.8) is 0 Å². The van der Waals surface area contributed by atoms with E-state index in [0.29, 0.717) is 21.5 Å². The molecule has 4 aliphatic carbocycles. The number of alkyl halides is 17. The minimum atomic E-state index is -4.70. The smallest absolute Gasteiger partial charge is 0.344 e. The second-order valence-corrected chi connectivity index (χ2v) is 35.2. The molecule has 2 amide bonds. The van der Waals surface area contributed by atoms with Crippen LogP contribution >= 0.6 is 11.6 Å². The van der Waals surface area contributed by atoms with E-state index in [0.717, 1.165) is 74.9 Å². The molecule has 2 saturated carbocycles. The molecule has 674 valence electrons. The van der Waals surface area contributed by atoms with E-state index in [9.17, 15) is 111 Å². The SMILES string of the molecule is Cn1nc(NS(C)(=O)=O)c2c(CCC(F)(F)F)ccc(-n3c([C@H](Cc4cc(F)cc(F)c4)NC(=O)Cn4nc(C(F)F)c5c4C(F)(F)[C@@H]4C[C@H]54)nc4cc(CCC(F)(F)F)ccc4c3=O)c21.Cn1nc(NS(C)(=O)=O)c2c(Cl)ccc(-n3c([C@H](Cc4cc(F)cc(F)c4)NC(=O)Cn4nc(C(F)F)c5c4C(F)(F)[C@@H]4C[C@H]54)nc4cc(CCC(F)(F)F)ccc4c3=O)c21. The number of hydrogen-bond donors (Lipinski definition) is 4. The first-order valence-electron chi connectivity index (χ1n) is 38.1. The molecule has 6 aromatic heterocycles. The second kappa shape index (κ2) is 32.5. The van der Waals surface area contributed by atoms with Crippen LogP contribution in [0.3, 0.4) is 0 Å². The Labute approximate surface area is 706 Å². The van der Waals surface area contributed by atoms with Gasteiger partial charge in [-0.1, -0.05) is 29.8 Å². The maximum atomic E-state index is 15.5. The molecule has 6 heterocycles. The molecule has 0 unspecified atom stereocenters. The van der Waals surface area contributed by atoms with Crippen LogP contribution in [-0.4, -0.2) is 118 Å². The van der Waals surface area contributed by atoms with Gasteiger partial charge in [-0.05, 0) is 138 Å². The van der Waals surface area contributed by atoms with Crippen molar-refractivity contribution >= 4 is 98.7 Å². The number of rotatable bonds is 26. The van der Waals surface area contributed by atoms with Gasteiger partial charge in [0.15, 0.2) is 11.6 Å². The fourth-order valence-electron chi connectivity index (χ4n) is 16.7. The third-order valence-corrected chi connectivity index (χ3v) is 23.4. The second-order valence-electron chi connectivity index (χ2n) is 31.3. The Hall–Kier alpha value is -11.8. The molecule has 127 heavy (non-hydrogen) atoms. The summed E-state index contributed by atoms with van der Waals surface area (Å²) in [6, 6.07) is 13.2. The van der Waals surface area contributed by atoms with Crippen molar-refractivity contribution in [2.75, 3.05) is 22.0 Å². The van der Waals surface area contributed by atoms with Gasteiger partial charge in [0.1, 0.15) is 70.8 Å². The Morgan fingerprint density at radius 1 is 0.504 bits per heavy atom. The summed E-state index contributed by atoms with van der Waals surface area (Å²) in [5.74, 6) is -20.0. The molecular formula is C79H64ClF21N16O8S2. The zero-order valence-electron chi connectivity index (χ0n) is 65.6. The molecule has 0 saturated heterocycles. The summed E-state index contributed by atoms with van der Waals surface area (Å²) in [5, 5.41) is 20.0. The molecule has 0 spiro atoms. The summed E-state index contributed by atoms with van der Waals surface area (Å²) in [6.07, 6.45) is -26.0. The van der Waals surface area contributed by atoms with Gasteiger partial charge in [-0.3, -0.25) is 56.5 Å². The van der Waals surface area contributed by atoms with Gasteiger partial charge in [-0.25, -0.2) is 61.9 Å². The summed E-state index contributed by atoms with van der Waals surface area (Å²) in [4.78, 5) is 67.0. The van der Waals surface area contributed by atoms with E-state index >= 15 is 17.6 Å². The van der Waals surface area contributed by atoms with E-state index < -0.39 is 255 Å². The lowest BCUT2D eigenvalue weighted by molar-refractivity contribution is -0.134. The molecule has 4 N–H and O–H groups in total. The number of aryl methyl sites for hydroxylation is 5. The van der Waals surface area contributed by atoms with Gasteiger partial charge < -0.3 is 10.6 Å². The number of fused-ring (bicyclic) bond motifs is 10. The lowest BCUT2D eigenvalue weighted by Gasteiger charge is -2.24. The third kappa shape index (κ3) is 18.3. The summed E-state index contributed by atoms with van der Waals surface area (Å²) in [5.41, 5.74) is -7.61. The minimum Gasteiger partial charge on any atom is -0.344 e. The van der Waals surface area contributed by atoms with Crippen molar-refractivity contribution in [1.29, 1.82) is 0 Å². The van der Waals surface area contributed by atoms with Crippen molar-refractivity contribution in [2.24, 2.45) is 25.9 Å². The van der Waals surface area contributed by atoms with Crippen molar-refractivity contribution in [2.45, 2.75) is 144 Å². The van der Waals surface area contributed by atoms with E-state index in [1.807, 2.05) is 0 Å². The summed E-state index contributed by atoms with van der Waals surface area (Å²) in [6.45, 7) is -2.21. The van der Waals surface area contributed by atoms with Crippen LogP contribution in [0.25, 0.3) is 55.0 Å². The Bertz CT molecular complexity index is 6850. The predicted molar refractivity (Wildman–Crippen MR) is 414 cm³/mol. The number of carbonyl (C=O) groups is 2. The predicted octanol–water partition coefficient (Wildman–Crippen LogP) is 15.9. The maximum Gasteiger partial charge on any atom is 0.389 e. The Balaban J connectivity index is 0.000000196. The molecule has 0 radical (unpaired) electrons. The average molecular weight is 1860 g/mol. The molecule has 0 bridgehead atoms. The topological polar surface area (TPSA) is 292 Å². The number of nitrogens with zero attached hydrogens (tertiary/aromatic N) is 12. The van der Waals surface area contributed by atoms with E-state index in [-0.39, 0.29) is 112 Å². The fraction of sp³-hybridized carbons (Fsp3) is 0.367. The lowest BCUT2D eigenvalue weighted by Crippen LogP contribution is -2.38. The quantitative estimate of drug-likeness (QED) is 0.0367. The maximum absolute atomic E-state index is 15.5. The standard InChI is InChI=1S/C41H34F12N8O4S.C38H30ClF9N8O4S/c1-59-33-28(6-4-20(8-10-40(49,50)51)30(33)36(57-59)58-66(2,64)65)61-37(55-26-13-18(7-9-39(46,47)48)3-5-23(26)38(61)63)27(14-19-11-21(42)15-22(43)12-19)54-29(62)17-60-34-31(32(56-60)35(44)45)24-16-25(24)41(34,52)53;1-54-31-26(6-5-23(39)29(31)34(52-54)53-61(2,59)60)56-35(50-24-11-16(7-8-37(44,45)46)3-4-20(24)36(56)58)25(12-17-9-18(40)13-19(41)10-17)49-27(57)15-55-32-28(30(51-55)33(42)43)21-14-22(21)38(32,47)48/h3-6,11-13,15,24-25,27,35H,7-10,14,16-17H2,1-2H3,(H,54,62)(H,57,58);3-6,9-11,13,21-22,25,33H,7-8,12,14-15H2,1-2H3,(H,49,57)(H,52,53)/t24-,25+,27-;21-,22+,25-/m00/s1. The normalized spacial score (nSPS) is 17.4. The molecule has 6 atom stereocenters. The summed E-state index contributed by atoms with van der Waals surface area (Å²) >= 11 is 6.55. The Kier molecular flexibility index (Phi) is 23.0. The van der Waals surface area contributed by atoms with Crippen molar-refractivity contribution < 1.29 is 119 Å². The molecule has 48 heteroatoms. The highest BCUT2D eigenvalue weighted by molar-refractivity contribution is 7.92. The van der Waals surface area contributed by atoms with Crippen LogP contribution in [0.5, 0.6) is 0 Å². The van der Waals surface area contributed by atoms with Gasteiger partial charge in [0.25, 0.3) is 35.8 Å². The monoisotopic (exact) mass is 1860 g/mol. The van der Waals surface area contributed by atoms with Crippen LogP contribution < -0.4 is 31.2 Å². The van der Waals surface area contributed by atoms with Gasteiger partial charge in [-0.15, -0.1) is 0 Å². The van der Waals surface area contributed by atoms with E-state index in [1.54, 1.807) is 0 Å². The highest BCUT2D eigenvalue weighted by Gasteiger charge is 2.68. The van der Waals surface area contributed by atoms with Gasteiger partial charge in [0.2, 0.25) is 31.9 Å². The lowest BCUT2D eigenvalue weighted by atomic mass is 10.0. The largest absolute Gasteiger partial charge is 0.389 e. The number of nitrogens with one attached hydrogen (secondary N) is 4. The number of benzene rings is 6. The molecule has 16 rings (SSSR count). The summed E-state index contributed by atoms with van der Waals surface area (Å²) < 4.78 is 356. The Morgan fingerprint density at radius 2 is 0.874 bits per heavy atom. The fourth-order valence-corrected chi connectivity index (χ4v) is 18.0. The molecule has 12 aromatic rings. The van der Waals surface area contributed by atoms with Gasteiger partial charge >= 0.3 is 18.5 Å². The first-order chi connectivity index (χ1) is 59.2. The first kappa shape index (κ1) is 90.0. The van der Waals surface area contributed by atoms with E-state index in [1.165, 1.54) is 55.2 Å². The van der Waals surface area contributed by atoms with Gasteiger partial charge in [0.05, 0.1) is 84.6 Å². The molecular weight excluding hydrogens is 1800 g/mol. The van der Waals surface area contributed by atoms with E-state index in [2.05, 4.69) is 50.4 Å². The van der Waals surface area contributed by atoms with Crippen molar-refractivity contribution in [3.8, 4) is 11.4 Å². The summed E-state index contributed by atoms with van der Waals surface area (Å²) in [7, 11) is -5.50. The molecule has 0 aliphatic heterocycles. The number of amides is 2. The number of anilines is 2. The average Bonchev–Trinajstić information content (AvgIpc) is 1.52. The number of aromatic nitrogens is 12. The van der Waals surface area contributed by atoms with Crippen LogP contribution in [0.4, 0.5) is 104 Å². The van der Waals surface area contributed by atoms with Gasteiger partial charge in [-0.2, -0.15) is 77.5 Å². The molecule has 6 aromatic carbocycles. The molecule has 24 nitrogen and oxygen atoms in total. The van der Waals surface area contributed by atoms with E-state index in [4.69, 9.17) is 11.6 Å². The number of sulfonamides is 2. The minimum absolute atomic E-state index is 0.0123. The number of carbonyl (C=O) groups excluding carboxylic acids is 2. The van der Waals surface area contributed by atoms with Crippen LogP contribution in [0.1, 0.15) is 142 Å². The molecule has 2 fully saturated rings. The van der Waals surface area contributed by atoms with Crippen LogP contribution in [-0.2, 0) is 101 Å². The highest BCUT2D eigenvalue weighted by atomic mass is 35.5.